The molecule has 2 aliphatic rings. The van der Waals surface area contributed by atoms with Gasteiger partial charge in [0.25, 0.3) is 0 Å². The molecule has 2 fully saturated rings. The normalized spacial score (nSPS) is 27.5. The molecule has 2 saturated heterocycles. The highest BCUT2D eigenvalue weighted by molar-refractivity contribution is 5.79. The molecule has 0 aromatic heterocycles. The van der Waals surface area contributed by atoms with Crippen molar-refractivity contribution < 1.29 is 4.79 Å². The van der Waals surface area contributed by atoms with Crippen molar-refractivity contribution in [2.24, 2.45) is 5.92 Å². The number of nitrogens with zero attached hydrogens (tertiary/aromatic N) is 2. The van der Waals surface area contributed by atoms with Gasteiger partial charge in [-0.05, 0) is 52.9 Å². The lowest BCUT2D eigenvalue weighted by Crippen LogP contribution is -2.50. The number of piperidine rings is 2. The van der Waals surface area contributed by atoms with Crippen LogP contribution in [0.5, 0.6) is 0 Å². The monoisotopic (exact) mass is 239 g/mol. The van der Waals surface area contributed by atoms with Crippen LogP contribution in [-0.4, -0.2) is 62.0 Å². The van der Waals surface area contributed by atoms with Gasteiger partial charge in [0.1, 0.15) is 0 Å². The highest BCUT2D eigenvalue weighted by Gasteiger charge is 2.30. The van der Waals surface area contributed by atoms with E-state index in [9.17, 15) is 4.79 Å². The number of carbonyl (C=O) groups is 1. The van der Waals surface area contributed by atoms with Crippen molar-refractivity contribution in [1.29, 1.82) is 0 Å². The number of amides is 1. The lowest BCUT2D eigenvalue weighted by Gasteiger charge is -2.38. The van der Waals surface area contributed by atoms with Crippen molar-refractivity contribution in [3.63, 3.8) is 0 Å². The number of carbonyl (C=O) groups excluding carboxylic acids is 1. The topological polar surface area (TPSA) is 35.6 Å². The van der Waals surface area contributed by atoms with Crippen molar-refractivity contribution in [1.82, 2.24) is 15.1 Å². The first kappa shape index (κ1) is 12.8. The average molecular weight is 239 g/mol. The molecular weight excluding hydrogens is 214 g/mol. The summed E-state index contributed by atoms with van der Waals surface area (Å²) in [6.45, 7) is 3.89. The number of nitrogens with one attached hydrogen (secondary N) is 1. The average Bonchev–Trinajstić information content (AvgIpc) is 2.39. The second kappa shape index (κ2) is 5.83. The Balaban J connectivity index is 1.89. The number of likely N-dealkylation sites (N-methyl/N-ethyl adjacent to an activating group) is 1. The van der Waals surface area contributed by atoms with Crippen molar-refractivity contribution in [2.75, 3.05) is 40.3 Å². The molecule has 0 aliphatic carbocycles. The molecule has 0 bridgehead atoms. The fraction of sp³-hybridized carbons (Fsp3) is 0.923. The second-order valence-corrected chi connectivity index (χ2v) is 5.57. The quantitative estimate of drug-likeness (QED) is 0.764. The molecule has 0 spiro atoms. The summed E-state index contributed by atoms with van der Waals surface area (Å²) in [5, 5.41) is 3.32. The molecule has 0 saturated carbocycles. The fourth-order valence-corrected chi connectivity index (χ4v) is 2.90. The Hall–Kier alpha value is -0.610. The van der Waals surface area contributed by atoms with Gasteiger partial charge < -0.3 is 15.1 Å². The molecule has 1 amide bonds. The predicted molar refractivity (Wildman–Crippen MR) is 68.9 cm³/mol. The van der Waals surface area contributed by atoms with Crippen LogP contribution in [0.4, 0.5) is 0 Å². The van der Waals surface area contributed by atoms with Gasteiger partial charge in [-0.15, -0.1) is 0 Å². The molecule has 2 rings (SSSR count). The Morgan fingerprint density at radius 3 is 2.59 bits per heavy atom. The molecule has 2 aliphatic heterocycles. The maximum absolute atomic E-state index is 12.4. The first-order chi connectivity index (χ1) is 8.18. The summed E-state index contributed by atoms with van der Waals surface area (Å²) in [6, 6.07) is 0.550. The van der Waals surface area contributed by atoms with E-state index in [1.807, 2.05) is 0 Å². The third-order valence-corrected chi connectivity index (χ3v) is 4.13. The summed E-state index contributed by atoms with van der Waals surface area (Å²) >= 11 is 0. The van der Waals surface area contributed by atoms with E-state index < -0.39 is 0 Å². The van der Waals surface area contributed by atoms with Gasteiger partial charge in [0.2, 0.25) is 5.91 Å². The van der Waals surface area contributed by atoms with Crippen molar-refractivity contribution in [2.45, 2.75) is 31.7 Å². The molecule has 4 heteroatoms. The van der Waals surface area contributed by atoms with Crippen molar-refractivity contribution in [3.05, 3.63) is 0 Å². The van der Waals surface area contributed by atoms with E-state index in [-0.39, 0.29) is 5.92 Å². The standard InChI is InChI=1S/C13H25N3O/c1-15(2)12-4-3-9-16(10-12)13(17)11-5-7-14-8-6-11/h11-12,14H,3-10H2,1-2H3. The van der Waals surface area contributed by atoms with Crippen LogP contribution in [0.25, 0.3) is 0 Å². The summed E-state index contributed by atoms with van der Waals surface area (Å²) in [7, 11) is 4.23. The minimum absolute atomic E-state index is 0.275. The van der Waals surface area contributed by atoms with Gasteiger partial charge in [0, 0.05) is 25.0 Å². The van der Waals surface area contributed by atoms with Crippen LogP contribution >= 0.6 is 0 Å². The van der Waals surface area contributed by atoms with Gasteiger partial charge in [0.15, 0.2) is 0 Å². The molecule has 2 heterocycles. The molecule has 98 valence electrons. The molecule has 0 aromatic rings. The summed E-state index contributed by atoms with van der Waals surface area (Å²) in [4.78, 5) is 16.8. The summed E-state index contributed by atoms with van der Waals surface area (Å²) in [5.41, 5.74) is 0. The molecule has 1 N–H and O–H groups in total. The maximum Gasteiger partial charge on any atom is 0.225 e. The van der Waals surface area contributed by atoms with Crippen LogP contribution < -0.4 is 5.32 Å². The Morgan fingerprint density at radius 1 is 1.24 bits per heavy atom. The van der Waals surface area contributed by atoms with Crippen LogP contribution in [0, 0.1) is 5.92 Å². The van der Waals surface area contributed by atoms with Crippen LogP contribution in [0.15, 0.2) is 0 Å². The molecular formula is C13H25N3O. The first-order valence-corrected chi connectivity index (χ1v) is 6.84. The van der Waals surface area contributed by atoms with E-state index in [2.05, 4.69) is 29.2 Å². The second-order valence-electron chi connectivity index (χ2n) is 5.57. The Kier molecular flexibility index (Phi) is 4.40. The third-order valence-electron chi connectivity index (χ3n) is 4.13. The van der Waals surface area contributed by atoms with E-state index >= 15 is 0 Å². The Bertz CT molecular complexity index is 261. The SMILES string of the molecule is CN(C)C1CCCN(C(=O)C2CCNCC2)C1. The predicted octanol–water partition coefficient (Wildman–Crippen LogP) is 0.539. The van der Waals surface area contributed by atoms with Crippen molar-refractivity contribution in [3.8, 4) is 0 Å². The van der Waals surface area contributed by atoms with Crippen molar-refractivity contribution >= 4 is 5.91 Å². The zero-order chi connectivity index (χ0) is 12.3. The van der Waals surface area contributed by atoms with Gasteiger partial charge in [0.05, 0.1) is 0 Å². The number of hydrogen-bond acceptors (Lipinski definition) is 3. The Labute approximate surface area is 104 Å². The molecule has 0 aromatic carbocycles. The molecule has 0 radical (unpaired) electrons. The van der Waals surface area contributed by atoms with E-state index in [0.29, 0.717) is 11.9 Å². The van der Waals surface area contributed by atoms with Gasteiger partial charge in [-0.1, -0.05) is 0 Å². The van der Waals surface area contributed by atoms with E-state index in [1.165, 1.54) is 6.42 Å². The Morgan fingerprint density at radius 2 is 1.94 bits per heavy atom. The smallest absolute Gasteiger partial charge is 0.225 e. The zero-order valence-corrected chi connectivity index (χ0v) is 11.1. The summed E-state index contributed by atoms with van der Waals surface area (Å²) < 4.78 is 0. The molecule has 1 atom stereocenters. The summed E-state index contributed by atoms with van der Waals surface area (Å²) in [5.74, 6) is 0.676. The number of rotatable bonds is 2. The molecule has 1 unspecified atom stereocenters. The minimum atomic E-state index is 0.275. The largest absolute Gasteiger partial charge is 0.341 e. The van der Waals surface area contributed by atoms with E-state index in [0.717, 1.165) is 45.4 Å². The van der Waals surface area contributed by atoms with Crippen LogP contribution in [0.2, 0.25) is 0 Å². The lowest BCUT2D eigenvalue weighted by molar-refractivity contribution is -0.138. The van der Waals surface area contributed by atoms with Gasteiger partial charge >= 0.3 is 0 Å². The maximum atomic E-state index is 12.4. The fourth-order valence-electron chi connectivity index (χ4n) is 2.90. The lowest BCUT2D eigenvalue weighted by atomic mass is 9.94. The van der Waals surface area contributed by atoms with Crippen LogP contribution in [0.1, 0.15) is 25.7 Å². The van der Waals surface area contributed by atoms with E-state index in [4.69, 9.17) is 0 Å². The third kappa shape index (κ3) is 3.19. The highest BCUT2D eigenvalue weighted by atomic mass is 16.2. The van der Waals surface area contributed by atoms with E-state index in [1.54, 1.807) is 0 Å². The summed E-state index contributed by atoms with van der Waals surface area (Å²) in [6.07, 6.45) is 4.41. The van der Waals surface area contributed by atoms with Gasteiger partial charge in [-0.3, -0.25) is 4.79 Å². The van der Waals surface area contributed by atoms with Gasteiger partial charge in [-0.2, -0.15) is 0 Å². The number of hydrogen-bond donors (Lipinski definition) is 1. The minimum Gasteiger partial charge on any atom is -0.341 e. The first-order valence-electron chi connectivity index (χ1n) is 6.84. The molecule has 17 heavy (non-hydrogen) atoms. The number of likely N-dealkylation sites (tertiary alicyclic amines) is 1. The van der Waals surface area contributed by atoms with Crippen LogP contribution in [-0.2, 0) is 4.79 Å². The highest BCUT2D eigenvalue weighted by Crippen LogP contribution is 2.20. The zero-order valence-electron chi connectivity index (χ0n) is 11.1. The van der Waals surface area contributed by atoms with Gasteiger partial charge in [-0.25, -0.2) is 0 Å². The van der Waals surface area contributed by atoms with Crippen LogP contribution in [0.3, 0.4) is 0 Å². The molecule has 4 nitrogen and oxygen atoms in total.